The minimum absolute atomic E-state index is 0.198. The molecule has 0 heterocycles. The Kier molecular flexibility index (Phi) is 4.19. The third kappa shape index (κ3) is 2.94. The maximum atomic E-state index is 4.38. The van der Waals surface area contributed by atoms with E-state index in [1.54, 1.807) is 0 Å². The summed E-state index contributed by atoms with van der Waals surface area (Å²) in [4.78, 5) is 0. The van der Waals surface area contributed by atoms with Gasteiger partial charge in [-0.25, -0.2) is 0 Å². The summed E-state index contributed by atoms with van der Waals surface area (Å²) in [6, 6.07) is 4.55. The molecule has 0 spiro atoms. The molecular formula is C13H20S2. The van der Waals surface area contributed by atoms with Gasteiger partial charge in [0, 0.05) is 11.5 Å². The van der Waals surface area contributed by atoms with Gasteiger partial charge in [0.05, 0.1) is 0 Å². The van der Waals surface area contributed by atoms with Crippen molar-refractivity contribution >= 4 is 25.3 Å². The molecule has 0 fully saturated rings. The van der Waals surface area contributed by atoms with Crippen molar-refractivity contribution in [1.29, 1.82) is 0 Å². The molecule has 0 bridgehead atoms. The van der Waals surface area contributed by atoms with Crippen molar-refractivity contribution in [2.24, 2.45) is 0 Å². The predicted molar refractivity (Wildman–Crippen MR) is 75.3 cm³/mol. The van der Waals surface area contributed by atoms with Gasteiger partial charge in [-0.05, 0) is 34.6 Å². The molecule has 0 saturated heterocycles. The van der Waals surface area contributed by atoms with Gasteiger partial charge in [-0.1, -0.05) is 32.9 Å². The van der Waals surface area contributed by atoms with Gasteiger partial charge in [-0.2, -0.15) is 25.3 Å². The van der Waals surface area contributed by atoms with Crippen molar-refractivity contribution in [3.63, 3.8) is 0 Å². The van der Waals surface area contributed by atoms with E-state index in [0.717, 1.165) is 11.5 Å². The molecule has 2 heteroatoms. The van der Waals surface area contributed by atoms with E-state index in [0.29, 0.717) is 0 Å². The third-order valence-electron chi connectivity index (χ3n) is 2.83. The third-order valence-corrected chi connectivity index (χ3v) is 3.51. The molecule has 1 aromatic rings. The first kappa shape index (κ1) is 13.0. The largest absolute Gasteiger partial charge is 0.175 e. The Morgan fingerprint density at radius 1 is 1.00 bits per heavy atom. The average molecular weight is 240 g/mol. The summed E-state index contributed by atoms with van der Waals surface area (Å²) in [5, 5.41) is 0. The zero-order valence-corrected chi connectivity index (χ0v) is 11.8. The first-order valence-electron chi connectivity index (χ1n) is 5.24. The smallest absolute Gasteiger partial charge is 0.0157 e. The molecule has 0 N–H and O–H groups in total. The van der Waals surface area contributed by atoms with Crippen LogP contribution in [0.15, 0.2) is 12.1 Å². The van der Waals surface area contributed by atoms with E-state index in [1.807, 2.05) is 0 Å². The Morgan fingerprint density at radius 3 is 1.67 bits per heavy atom. The van der Waals surface area contributed by atoms with Crippen LogP contribution in [0.4, 0.5) is 0 Å². The van der Waals surface area contributed by atoms with Crippen LogP contribution in [0.25, 0.3) is 0 Å². The van der Waals surface area contributed by atoms with Crippen molar-refractivity contribution in [2.45, 2.75) is 44.6 Å². The van der Waals surface area contributed by atoms with E-state index in [1.165, 1.54) is 22.3 Å². The maximum Gasteiger partial charge on any atom is 0.0157 e. The highest BCUT2D eigenvalue weighted by molar-refractivity contribution is 7.79. The standard InChI is InChI=1S/C13H20S2/c1-9-10(7-14)5-12(13(2,3)4)6-11(9)8-15/h5-6,14-15H,7-8H2,1-4H3. The highest BCUT2D eigenvalue weighted by Crippen LogP contribution is 2.28. The van der Waals surface area contributed by atoms with Crippen LogP contribution in [0.2, 0.25) is 0 Å². The normalized spacial score (nSPS) is 11.9. The van der Waals surface area contributed by atoms with Gasteiger partial charge in [0.2, 0.25) is 0 Å². The van der Waals surface area contributed by atoms with E-state index in [9.17, 15) is 0 Å². The predicted octanol–water partition coefficient (Wildman–Crippen LogP) is 4.15. The fourth-order valence-corrected chi connectivity index (χ4v) is 2.26. The molecule has 15 heavy (non-hydrogen) atoms. The second kappa shape index (κ2) is 4.84. The lowest BCUT2D eigenvalue weighted by molar-refractivity contribution is 0.589. The van der Waals surface area contributed by atoms with Crippen LogP contribution in [-0.2, 0) is 16.9 Å². The molecule has 0 aliphatic rings. The lowest BCUT2D eigenvalue weighted by Crippen LogP contribution is -2.12. The zero-order chi connectivity index (χ0) is 11.6. The second-order valence-electron chi connectivity index (χ2n) is 4.99. The molecule has 0 aliphatic carbocycles. The number of rotatable bonds is 2. The van der Waals surface area contributed by atoms with Gasteiger partial charge < -0.3 is 0 Å². The lowest BCUT2D eigenvalue weighted by Gasteiger charge is -2.22. The number of hydrogen-bond donors (Lipinski definition) is 2. The van der Waals surface area contributed by atoms with Gasteiger partial charge >= 0.3 is 0 Å². The van der Waals surface area contributed by atoms with Crippen molar-refractivity contribution < 1.29 is 0 Å². The summed E-state index contributed by atoms with van der Waals surface area (Å²) in [7, 11) is 0. The monoisotopic (exact) mass is 240 g/mol. The highest BCUT2D eigenvalue weighted by atomic mass is 32.1. The molecule has 0 aliphatic heterocycles. The first-order valence-corrected chi connectivity index (χ1v) is 6.51. The zero-order valence-electron chi connectivity index (χ0n) is 9.96. The molecule has 0 saturated carbocycles. The van der Waals surface area contributed by atoms with Crippen LogP contribution < -0.4 is 0 Å². The Labute approximate surface area is 104 Å². The van der Waals surface area contributed by atoms with Crippen LogP contribution in [0.3, 0.4) is 0 Å². The SMILES string of the molecule is Cc1c(CS)cc(C(C)(C)C)cc1CS. The molecule has 0 aromatic heterocycles. The molecule has 1 aromatic carbocycles. The Morgan fingerprint density at radius 2 is 1.40 bits per heavy atom. The fourth-order valence-electron chi connectivity index (χ4n) is 1.60. The van der Waals surface area contributed by atoms with Gasteiger partial charge in [-0.15, -0.1) is 0 Å². The second-order valence-corrected chi connectivity index (χ2v) is 5.62. The van der Waals surface area contributed by atoms with Gasteiger partial charge in [-0.3, -0.25) is 0 Å². The van der Waals surface area contributed by atoms with Crippen LogP contribution >= 0.6 is 25.3 Å². The molecule has 0 radical (unpaired) electrons. The summed E-state index contributed by atoms with van der Waals surface area (Å²) in [6.07, 6.45) is 0. The molecule has 0 nitrogen and oxygen atoms in total. The van der Waals surface area contributed by atoms with Crippen LogP contribution in [0.5, 0.6) is 0 Å². The van der Waals surface area contributed by atoms with Crippen molar-refractivity contribution in [1.82, 2.24) is 0 Å². The molecular weight excluding hydrogens is 220 g/mol. The molecule has 1 rings (SSSR count). The molecule has 84 valence electrons. The molecule has 0 atom stereocenters. The van der Waals surface area contributed by atoms with Crippen LogP contribution in [0.1, 0.15) is 43.0 Å². The van der Waals surface area contributed by atoms with Crippen LogP contribution in [-0.4, -0.2) is 0 Å². The molecule has 0 unspecified atom stereocenters. The number of thiol groups is 2. The van der Waals surface area contributed by atoms with E-state index in [2.05, 4.69) is 65.1 Å². The average Bonchev–Trinajstić information content (AvgIpc) is 2.16. The number of benzene rings is 1. The van der Waals surface area contributed by atoms with Crippen molar-refractivity contribution in [3.8, 4) is 0 Å². The van der Waals surface area contributed by atoms with Crippen LogP contribution in [0, 0.1) is 6.92 Å². The Hall–Kier alpha value is -0.0800. The first-order chi connectivity index (χ1) is 6.90. The van der Waals surface area contributed by atoms with E-state index >= 15 is 0 Å². The summed E-state index contributed by atoms with van der Waals surface area (Å²) in [5.41, 5.74) is 5.57. The lowest BCUT2D eigenvalue weighted by atomic mass is 9.84. The van der Waals surface area contributed by atoms with E-state index < -0.39 is 0 Å². The minimum atomic E-state index is 0.198. The minimum Gasteiger partial charge on any atom is -0.175 e. The molecule has 0 amide bonds. The summed E-state index contributed by atoms with van der Waals surface area (Å²) in [6.45, 7) is 8.87. The quantitative estimate of drug-likeness (QED) is 0.713. The Balaban J connectivity index is 3.33. The number of hydrogen-bond acceptors (Lipinski definition) is 2. The van der Waals surface area contributed by atoms with Crippen molar-refractivity contribution in [3.05, 3.63) is 34.4 Å². The maximum absolute atomic E-state index is 4.38. The summed E-state index contributed by atoms with van der Waals surface area (Å²) < 4.78 is 0. The topological polar surface area (TPSA) is 0 Å². The highest BCUT2D eigenvalue weighted by Gasteiger charge is 2.16. The summed E-state index contributed by atoms with van der Waals surface area (Å²) in [5.74, 6) is 1.60. The van der Waals surface area contributed by atoms with Crippen molar-refractivity contribution in [2.75, 3.05) is 0 Å². The van der Waals surface area contributed by atoms with Gasteiger partial charge in [0.25, 0.3) is 0 Å². The summed E-state index contributed by atoms with van der Waals surface area (Å²) >= 11 is 8.77. The van der Waals surface area contributed by atoms with E-state index in [-0.39, 0.29) is 5.41 Å². The van der Waals surface area contributed by atoms with E-state index in [4.69, 9.17) is 0 Å². The fraction of sp³-hybridized carbons (Fsp3) is 0.538. The Bertz CT molecular complexity index is 323. The van der Waals surface area contributed by atoms with Gasteiger partial charge in [0.1, 0.15) is 0 Å². The van der Waals surface area contributed by atoms with Gasteiger partial charge in [0.15, 0.2) is 0 Å².